The zero-order valence-electron chi connectivity index (χ0n) is 16.6. The van der Waals surface area contributed by atoms with Crippen LogP contribution in [0.1, 0.15) is 36.1 Å². The van der Waals surface area contributed by atoms with Crippen molar-refractivity contribution in [3.8, 4) is 5.75 Å². The number of sulfonamides is 1. The summed E-state index contributed by atoms with van der Waals surface area (Å²) in [4.78, 5) is 0.179. The van der Waals surface area contributed by atoms with Crippen molar-refractivity contribution in [3.05, 3.63) is 59.2 Å². The lowest BCUT2D eigenvalue weighted by Crippen LogP contribution is -2.30. The van der Waals surface area contributed by atoms with Crippen LogP contribution in [-0.2, 0) is 14.8 Å². The molecule has 0 saturated carbocycles. The van der Waals surface area contributed by atoms with Gasteiger partial charge in [-0.25, -0.2) is 13.1 Å². The maximum Gasteiger partial charge on any atom is 0.240 e. The second-order valence-electron chi connectivity index (χ2n) is 6.62. The first-order chi connectivity index (χ1) is 13.4. The van der Waals surface area contributed by atoms with Crippen LogP contribution in [0.2, 0.25) is 0 Å². The molecule has 0 spiro atoms. The van der Waals surface area contributed by atoms with Gasteiger partial charge in [-0.15, -0.1) is 0 Å². The third-order valence-corrected chi connectivity index (χ3v) is 5.66. The molecule has 0 aliphatic heterocycles. The van der Waals surface area contributed by atoms with Gasteiger partial charge in [-0.2, -0.15) is 0 Å². The Morgan fingerprint density at radius 2 is 1.79 bits per heavy atom. The lowest BCUT2D eigenvalue weighted by atomic mass is 10.1. The molecule has 0 aliphatic carbocycles. The van der Waals surface area contributed by atoms with Gasteiger partial charge < -0.3 is 14.6 Å². The molecule has 28 heavy (non-hydrogen) atoms. The normalized spacial score (nSPS) is 12.7. The molecular weight excluding hydrogens is 378 g/mol. The van der Waals surface area contributed by atoms with Gasteiger partial charge in [0.1, 0.15) is 5.75 Å². The Hall–Kier alpha value is -1.93. The molecule has 0 heterocycles. The summed E-state index contributed by atoms with van der Waals surface area (Å²) in [6.45, 7) is 6.47. The number of nitrogens with one attached hydrogen (secondary N) is 1. The molecule has 7 heteroatoms. The van der Waals surface area contributed by atoms with E-state index in [9.17, 15) is 8.42 Å². The van der Waals surface area contributed by atoms with Crippen LogP contribution in [0.15, 0.2) is 47.4 Å². The van der Waals surface area contributed by atoms with E-state index in [1.807, 2.05) is 45.0 Å². The van der Waals surface area contributed by atoms with E-state index in [1.54, 1.807) is 12.1 Å². The van der Waals surface area contributed by atoms with Crippen molar-refractivity contribution in [2.75, 3.05) is 26.4 Å². The average molecular weight is 408 g/mol. The zero-order chi connectivity index (χ0) is 20.6. The number of aliphatic hydroxyl groups excluding tert-OH is 1. The molecular formula is C21H29NO5S. The van der Waals surface area contributed by atoms with E-state index in [0.717, 1.165) is 23.1 Å². The lowest BCUT2D eigenvalue weighted by Gasteiger charge is -2.19. The van der Waals surface area contributed by atoms with Crippen LogP contribution >= 0.6 is 0 Å². The third-order valence-electron chi connectivity index (χ3n) is 4.24. The number of rotatable bonds is 11. The Bertz CT molecular complexity index is 850. The summed E-state index contributed by atoms with van der Waals surface area (Å²) < 4.78 is 39.3. The van der Waals surface area contributed by atoms with Crippen LogP contribution in [0, 0.1) is 13.8 Å². The summed E-state index contributed by atoms with van der Waals surface area (Å²) in [5.74, 6) is 0.685. The van der Waals surface area contributed by atoms with Gasteiger partial charge in [-0.1, -0.05) is 36.8 Å². The first-order valence-corrected chi connectivity index (χ1v) is 10.9. The minimum atomic E-state index is -3.70. The number of aliphatic hydroxyl groups is 1. The van der Waals surface area contributed by atoms with E-state index >= 15 is 0 Å². The van der Waals surface area contributed by atoms with Gasteiger partial charge in [-0.3, -0.25) is 0 Å². The van der Waals surface area contributed by atoms with Gasteiger partial charge in [0.05, 0.1) is 30.8 Å². The maximum absolute atomic E-state index is 12.7. The van der Waals surface area contributed by atoms with Crippen molar-refractivity contribution < 1.29 is 23.0 Å². The standard InChI is InChI=1S/C21H29NO5S/c1-4-12-26-20-10-9-19(14-17(20)3)28(24,25)22-15-21(27-13-11-23)18-7-5-16(2)6-8-18/h5-10,14,21-23H,4,11-13,15H2,1-3H3. The topological polar surface area (TPSA) is 84.9 Å². The van der Waals surface area contributed by atoms with Gasteiger partial charge in [0, 0.05) is 6.54 Å². The highest BCUT2D eigenvalue weighted by Crippen LogP contribution is 2.23. The fraction of sp³-hybridized carbons (Fsp3) is 0.429. The molecule has 2 aromatic carbocycles. The second-order valence-corrected chi connectivity index (χ2v) is 8.39. The number of hydrogen-bond acceptors (Lipinski definition) is 5. The molecule has 6 nitrogen and oxygen atoms in total. The quantitative estimate of drug-likeness (QED) is 0.598. The van der Waals surface area contributed by atoms with Crippen LogP contribution in [0.3, 0.4) is 0 Å². The summed E-state index contributed by atoms with van der Waals surface area (Å²) in [6, 6.07) is 12.5. The van der Waals surface area contributed by atoms with E-state index in [1.165, 1.54) is 6.07 Å². The van der Waals surface area contributed by atoms with Crippen LogP contribution in [0.4, 0.5) is 0 Å². The van der Waals surface area contributed by atoms with Crippen molar-refractivity contribution in [1.29, 1.82) is 0 Å². The number of ether oxygens (including phenoxy) is 2. The van der Waals surface area contributed by atoms with E-state index < -0.39 is 16.1 Å². The zero-order valence-corrected chi connectivity index (χ0v) is 17.5. The highest BCUT2D eigenvalue weighted by atomic mass is 32.2. The number of hydrogen-bond donors (Lipinski definition) is 2. The second kappa shape index (κ2) is 10.6. The minimum absolute atomic E-state index is 0.0680. The van der Waals surface area contributed by atoms with Crippen LogP contribution in [0.5, 0.6) is 5.75 Å². The Labute approximate surface area is 167 Å². The molecule has 2 aromatic rings. The van der Waals surface area contributed by atoms with Crippen molar-refractivity contribution in [3.63, 3.8) is 0 Å². The lowest BCUT2D eigenvalue weighted by molar-refractivity contribution is 0.0309. The van der Waals surface area contributed by atoms with Crippen LogP contribution in [-0.4, -0.2) is 39.9 Å². The van der Waals surface area contributed by atoms with Crippen LogP contribution in [0.25, 0.3) is 0 Å². The fourth-order valence-corrected chi connectivity index (χ4v) is 3.80. The first kappa shape index (κ1) is 22.4. The number of aryl methyl sites for hydroxylation is 2. The Morgan fingerprint density at radius 1 is 1.07 bits per heavy atom. The molecule has 2 rings (SSSR count). The number of benzene rings is 2. The van der Waals surface area contributed by atoms with Gasteiger partial charge in [0.25, 0.3) is 0 Å². The molecule has 0 amide bonds. The van der Waals surface area contributed by atoms with Crippen LogP contribution < -0.4 is 9.46 Å². The molecule has 0 aliphatic rings. The Kier molecular flexibility index (Phi) is 8.44. The smallest absolute Gasteiger partial charge is 0.240 e. The average Bonchev–Trinajstić information content (AvgIpc) is 2.68. The molecule has 0 radical (unpaired) electrons. The van der Waals surface area contributed by atoms with E-state index in [4.69, 9.17) is 14.6 Å². The Morgan fingerprint density at radius 3 is 2.39 bits per heavy atom. The van der Waals surface area contributed by atoms with Crippen molar-refractivity contribution >= 4 is 10.0 Å². The van der Waals surface area contributed by atoms with Gasteiger partial charge in [-0.05, 0) is 49.6 Å². The largest absolute Gasteiger partial charge is 0.493 e. The SMILES string of the molecule is CCCOc1ccc(S(=O)(=O)NCC(OCCO)c2ccc(C)cc2)cc1C. The highest BCUT2D eigenvalue weighted by molar-refractivity contribution is 7.89. The third kappa shape index (κ3) is 6.31. The van der Waals surface area contributed by atoms with Crippen molar-refractivity contribution in [2.24, 2.45) is 0 Å². The molecule has 1 atom stereocenters. The highest BCUT2D eigenvalue weighted by Gasteiger charge is 2.19. The molecule has 1 unspecified atom stereocenters. The summed E-state index contributed by atoms with van der Waals surface area (Å²) in [6.07, 6.45) is 0.394. The predicted octanol–water partition coefficient (Wildman–Crippen LogP) is 3.12. The molecule has 2 N–H and O–H groups in total. The molecule has 0 saturated heterocycles. The van der Waals surface area contributed by atoms with Gasteiger partial charge in [0.15, 0.2) is 0 Å². The monoisotopic (exact) mass is 407 g/mol. The van der Waals surface area contributed by atoms with E-state index in [2.05, 4.69) is 4.72 Å². The van der Waals surface area contributed by atoms with Crippen molar-refractivity contribution in [1.82, 2.24) is 4.72 Å². The predicted molar refractivity (Wildman–Crippen MR) is 109 cm³/mol. The minimum Gasteiger partial charge on any atom is -0.493 e. The van der Waals surface area contributed by atoms with Gasteiger partial charge in [0.2, 0.25) is 10.0 Å². The molecule has 0 aromatic heterocycles. The molecule has 0 fully saturated rings. The van der Waals surface area contributed by atoms with E-state index in [0.29, 0.717) is 12.4 Å². The Balaban J connectivity index is 2.12. The summed E-state index contributed by atoms with van der Waals surface area (Å²) in [5, 5.41) is 9.05. The van der Waals surface area contributed by atoms with Crippen molar-refractivity contribution in [2.45, 2.75) is 38.2 Å². The van der Waals surface area contributed by atoms with E-state index in [-0.39, 0.29) is 24.7 Å². The summed E-state index contributed by atoms with van der Waals surface area (Å²) >= 11 is 0. The summed E-state index contributed by atoms with van der Waals surface area (Å²) in [7, 11) is -3.70. The molecule has 0 bridgehead atoms. The maximum atomic E-state index is 12.7. The first-order valence-electron chi connectivity index (χ1n) is 9.39. The van der Waals surface area contributed by atoms with Gasteiger partial charge >= 0.3 is 0 Å². The fourth-order valence-electron chi connectivity index (χ4n) is 2.68. The molecule has 154 valence electrons. The summed E-state index contributed by atoms with van der Waals surface area (Å²) in [5.41, 5.74) is 2.72.